The number of imidazole rings is 1. The molecule has 3 heterocycles. The second-order valence-corrected chi connectivity index (χ2v) is 9.18. The molecule has 36 heavy (non-hydrogen) atoms. The summed E-state index contributed by atoms with van der Waals surface area (Å²) >= 11 is 0. The number of nitrogen functional groups attached to an aromatic ring is 1. The molecule has 6 N–H and O–H groups in total. The molecule has 0 spiro atoms. The van der Waals surface area contributed by atoms with Crippen LogP contribution in [0.25, 0.3) is 43.5 Å². The molecule has 1 fully saturated rings. The lowest BCUT2D eigenvalue weighted by atomic mass is 9.94. The van der Waals surface area contributed by atoms with Gasteiger partial charge >= 0.3 is 0 Å². The Morgan fingerprint density at radius 1 is 1.06 bits per heavy atom. The van der Waals surface area contributed by atoms with Crippen LogP contribution in [0.3, 0.4) is 0 Å². The number of fused-ring (bicyclic) bond motifs is 1. The molecule has 10 nitrogen and oxygen atoms in total. The van der Waals surface area contributed by atoms with E-state index >= 15 is 0 Å². The number of benzene rings is 4. The number of hydrogen-bond acceptors (Lipinski definition) is 8. The highest BCUT2D eigenvalue weighted by Crippen LogP contribution is 2.38. The summed E-state index contributed by atoms with van der Waals surface area (Å²) in [5.74, 6) is 0.262. The Bertz CT molecular complexity index is 1780. The Morgan fingerprint density at radius 3 is 2.39 bits per heavy atom. The summed E-state index contributed by atoms with van der Waals surface area (Å²) in [5.41, 5.74) is 6.42. The molecule has 1 saturated heterocycles. The van der Waals surface area contributed by atoms with E-state index in [4.69, 9.17) is 10.5 Å². The molecular weight excluding hydrogens is 460 g/mol. The van der Waals surface area contributed by atoms with Crippen molar-refractivity contribution in [1.82, 2.24) is 19.5 Å². The molecular formula is C26H22N6O4. The number of hydrogen-bond donors (Lipinski definition) is 5. The first-order valence-electron chi connectivity index (χ1n) is 11.7. The van der Waals surface area contributed by atoms with E-state index < -0.39 is 24.0 Å². The number of aromatic nitrogens is 4. The highest BCUT2D eigenvalue weighted by atomic mass is 16.5. The zero-order valence-electron chi connectivity index (χ0n) is 19.0. The molecule has 10 heteroatoms. The number of aliphatic hydroxyl groups excluding tert-OH is 2. The van der Waals surface area contributed by atoms with Gasteiger partial charge in [0.05, 0.1) is 12.7 Å². The minimum Gasteiger partial charge on any atom is -0.394 e. The van der Waals surface area contributed by atoms with Crippen LogP contribution in [-0.4, -0.2) is 48.5 Å². The number of ether oxygens (including phenoxy) is 1. The van der Waals surface area contributed by atoms with E-state index in [1.807, 2.05) is 12.1 Å². The molecule has 4 aromatic carbocycles. The predicted octanol–water partition coefficient (Wildman–Crippen LogP) is 2.98. The third-order valence-electron chi connectivity index (χ3n) is 6.96. The molecule has 7 rings (SSSR count). The number of rotatable bonds is 4. The molecule has 1 unspecified atom stereocenters. The zero-order valence-corrected chi connectivity index (χ0v) is 19.0. The Kier molecular flexibility index (Phi) is 4.46. The molecule has 3 atom stereocenters. The van der Waals surface area contributed by atoms with Gasteiger partial charge in [-0.3, -0.25) is 14.3 Å². The van der Waals surface area contributed by atoms with Crippen molar-refractivity contribution in [3.8, 4) is 0 Å². The monoisotopic (exact) mass is 482 g/mol. The van der Waals surface area contributed by atoms with E-state index in [1.54, 1.807) is 4.57 Å². The van der Waals surface area contributed by atoms with Crippen LogP contribution >= 0.6 is 0 Å². The Balaban J connectivity index is 1.40. The number of nitrogens with two attached hydrogens (primary N) is 1. The summed E-state index contributed by atoms with van der Waals surface area (Å²) in [6.45, 7) is -0.334. The number of nitrogens with zero attached hydrogens (tertiary/aromatic N) is 3. The van der Waals surface area contributed by atoms with E-state index in [-0.39, 0.29) is 30.1 Å². The van der Waals surface area contributed by atoms with E-state index in [0.717, 1.165) is 16.5 Å². The van der Waals surface area contributed by atoms with Gasteiger partial charge in [-0.05, 0) is 44.5 Å². The normalized spacial score (nSPS) is 20.3. The number of anilines is 3. The van der Waals surface area contributed by atoms with Gasteiger partial charge < -0.3 is 26.0 Å². The minimum absolute atomic E-state index is 0.0552. The molecule has 1 aliphatic heterocycles. The van der Waals surface area contributed by atoms with E-state index in [9.17, 15) is 15.0 Å². The first kappa shape index (κ1) is 21.1. The van der Waals surface area contributed by atoms with Crippen molar-refractivity contribution in [2.45, 2.75) is 24.9 Å². The van der Waals surface area contributed by atoms with Gasteiger partial charge in [0, 0.05) is 12.1 Å². The molecule has 2 aromatic heterocycles. The molecule has 180 valence electrons. The van der Waals surface area contributed by atoms with E-state index in [2.05, 4.69) is 62.7 Å². The van der Waals surface area contributed by atoms with Crippen molar-refractivity contribution < 1.29 is 14.9 Å². The quantitative estimate of drug-likeness (QED) is 0.241. The number of aliphatic hydroxyl groups is 2. The van der Waals surface area contributed by atoms with Crippen molar-refractivity contribution in [2.24, 2.45) is 0 Å². The lowest BCUT2D eigenvalue weighted by molar-refractivity contribution is -0.0425. The van der Waals surface area contributed by atoms with Crippen molar-refractivity contribution in [3.05, 3.63) is 65.0 Å². The molecule has 6 aromatic rings. The smallest absolute Gasteiger partial charge is 0.280 e. The van der Waals surface area contributed by atoms with E-state index in [0.29, 0.717) is 5.95 Å². The van der Waals surface area contributed by atoms with Crippen molar-refractivity contribution >= 4 is 61.1 Å². The maximum atomic E-state index is 12.6. The molecule has 1 aliphatic rings. The average molecular weight is 483 g/mol. The van der Waals surface area contributed by atoms with E-state index in [1.165, 1.54) is 21.5 Å². The van der Waals surface area contributed by atoms with Crippen LogP contribution < -0.4 is 16.6 Å². The van der Waals surface area contributed by atoms with Gasteiger partial charge in [-0.25, -0.2) is 4.98 Å². The number of aromatic amines is 1. The molecule has 0 amide bonds. The second-order valence-electron chi connectivity index (χ2n) is 9.18. The summed E-state index contributed by atoms with van der Waals surface area (Å²) < 4.78 is 7.50. The zero-order chi connectivity index (χ0) is 24.6. The molecule has 0 saturated carbocycles. The highest BCUT2D eigenvalue weighted by molar-refractivity contribution is 6.23. The maximum Gasteiger partial charge on any atom is 0.280 e. The molecule has 0 aliphatic carbocycles. The third kappa shape index (κ3) is 3.05. The van der Waals surface area contributed by atoms with Gasteiger partial charge in [0.1, 0.15) is 12.3 Å². The number of H-pyrrole nitrogens is 1. The Hall–Kier alpha value is -4.25. The van der Waals surface area contributed by atoms with Gasteiger partial charge in [-0.1, -0.05) is 42.5 Å². The fraction of sp³-hybridized carbons (Fsp3) is 0.192. The van der Waals surface area contributed by atoms with Gasteiger partial charge in [0.15, 0.2) is 11.2 Å². The van der Waals surface area contributed by atoms with Crippen LogP contribution in [0.4, 0.5) is 17.6 Å². The highest BCUT2D eigenvalue weighted by Gasteiger charge is 2.37. The summed E-state index contributed by atoms with van der Waals surface area (Å²) in [4.78, 5) is 23.9. The molecule has 0 bridgehead atoms. The van der Waals surface area contributed by atoms with Crippen LogP contribution in [0, 0.1) is 0 Å². The van der Waals surface area contributed by atoms with Crippen LogP contribution in [-0.2, 0) is 4.74 Å². The SMILES string of the molecule is Nc1nc2c(nc(Nc3cc4ccc5cccc6ccc(c3)c4c56)n2C2C[C@H](O)[C@@H](CO)O2)c(=O)[nH]1. The predicted molar refractivity (Wildman–Crippen MR) is 138 cm³/mol. The maximum absolute atomic E-state index is 12.6. The summed E-state index contributed by atoms with van der Waals surface area (Å²) in [7, 11) is 0. The summed E-state index contributed by atoms with van der Waals surface area (Å²) in [5, 5.41) is 30.2. The third-order valence-corrected chi connectivity index (χ3v) is 6.96. The molecule has 0 radical (unpaired) electrons. The summed E-state index contributed by atoms with van der Waals surface area (Å²) in [6.07, 6.45) is -2.14. The standard InChI is InChI=1S/C26H22N6O4/c27-25-30-23-22(24(35)31-25)29-26(32(23)19-10-17(34)18(11-33)36-19)28-16-8-14-6-4-12-2-1-3-13-5-7-15(9-16)21(14)20(12)13/h1-9,17-19,33-34H,10-11H2,(H,28,29)(H3,27,30,31,35)/t17-,18+,19?/m0/s1. The van der Waals surface area contributed by atoms with Crippen molar-refractivity contribution in [3.63, 3.8) is 0 Å². The fourth-order valence-electron chi connectivity index (χ4n) is 5.35. The van der Waals surface area contributed by atoms with Crippen LogP contribution in [0.15, 0.2) is 59.4 Å². The van der Waals surface area contributed by atoms with Gasteiger partial charge in [0.2, 0.25) is 11.9 Å². The summed E-state index contributed by atoms with van der Waals surface area (Å²) in [6, 6.07) is 18.8. The first-order valence-corrected chi connectivity index (χ1v) is 11.7. The largest absolute Gasteiger partial charge is 0.394 e. The fourth-order valence-corrected chi connectivity index (χ4v) is 5.35. The van der Waals surface area contributed by atoms with Gasteiger partial charge in [-0.15, -0.1) is 0 Å². The first-order chi connectivity index (χ1) is 17.5. The van der Waals surface area contributed by atoms with Crippen molar-refractivity contribution in [1.29, 1.82) is 0 Å². The average Bonchev–Trinajstić information content (AvgIpc) is 3.41. The Morgan fingerprint density at radius 2 is 1.72 bits per heavy atom. The topological polar surface area (TPSA) is 151 Å². The Labute approximate surface area is 203 Å². The second kappa shape index (κ2) is 7.62. The van der Waals surface area contributed by atoms with Crippen LogP contribution in [0.5, 0.6) is 0 Å². The lowest BCUT2D eigenvalue weighted by Crippen LogP contribution is -2.24. The lowest BCUT2D eigenvalue weighted by Gasteiger charge is -2.18. The minimum atomic E-state index is -0.873. The van der Waals surface area contributed by atoms with Gasteiger partial charge in [-0.2, -0.15) is 4.98 Å². The van der Waals surface area contributed by atoms with Crippen LogP contribution in [0.1, 0.15) is 12.6 Å². The van der Waals surface area contributed by atoms with Crippen LogP contribution in [0.2, 0.25) is 0 Å². The van der Waals surface area contributed by atoms with Gasteiger partial charge in [0.25, 0.3) is 5.56 Å². The number of nitrogens with one attached hydrogen (secondary N) is 2. The van der Waals surface area contributed by atoms with Crippen molar-refractivity contribution in [2.75, 3.05) is 17.7 Å².